The van der Waals surface area contributed by atoms with Crippen LogP contribution in [0.1, 0.15) is 13.8 Å². The van der Waals surface area contributed by atoms with Gasteiger partial charge in [0.05, 0.1) is 25.6 Å². The summed E-state index contributed by atoms with van der Waals surface area (Å²) >= 11 is 24.1. The van der Waals surface area contributed by atoms with Gasteiger partial charge in [0.1, 0.15) is 0 Å². The summed E-state index contributed by atoms with van der Waals surface area (Å²) in [5, 5.41) is 15.0. The molecule has 0 aromatic heterocycles. The Morgan fingerprint density at radius 2 is 1.72 bits per heavy atom. The highest BCUT2D eigenvalue weighted by Crippen LogP contribution is 2.39. The van der Waals surface area contributed by atoms with Crippen LogP contribution in [0, 0.1) is 0 Å². The van der Waals surface area contributed by atoms with Crippen LogP contribution in [0.25, 0.3) is 0 Å². The zero-order valence-corrected chi connectivity index (χ0v) is 20.2. The van der Waals surface area contributed by atoms with E-state index in [0.29, 0.717) is 26.5 Å². The van der Waals surface area contributed by atoms with E-state index in [9.17, 15) is 14.8 Å². The summed E-state index contributed by atoms with van der Waals surface area (Å²) in [5.41, 5.74) is -0.341. The molecule has 1 aliphatic rings. The molecule has 1 aliphatic heterocycles. The Hall–Kier alpha value is -2.16. The predicted molar refractivity (Wildman–Crippen MR) is 128 cm³/mol. The standard InChI is InChI=1S/C21H20Cl4N4O3/c1-4-9-27-20(31)28(13-6-8-15(23)17(25)11-13)18(21(27,2)3)29(32)19(30)26-12-5-7-14(22)16(24)10-12/h4-8,10-11,18,32H,1,9H2,2-3H3,(H,26,30). The molecule has 32 heavy (non-hydrogen) atoms. The van der Waals surface area contributed by atoms with E-state index in [2.05, 4.69) is 11.9 Å². The molecule has 1 heterocycles. The smallest absolute Gasteiger partial charge is 0.311 e. The van der Waals surface area contributed by atoms with Gasteiger partial charge in [0.2, 0.25) is 0 Å². The number of urea groups is 2. The van der Waals surface area contributed by atoms with E-state index in [-0.39, 0.29) is 16.6 Å². The first kappa shape index (κ1) is 24.5. The molecule has 0 bridgehead atoms. The number of hydroxylamine groups is 2. The summed E-state index contributed by atoms with van der Waals surface area (Å²) in [6, 6.07) is 7.78. The van der Waals surface area contributed by atoms with E-state index in [1.807, 2.05) is 0 Å². The molecule has 1 unspecified atom stereocenters. The monoisotopic (exact) mass is 516 g/mol. The molecule has 0 saturated carbocycles. The number of carbonyl (C=O) groups is 2. The Kier molecular flexibility index (Phi) is 7.17. The maximum Gasteiger partial charge on any atom is 0.347 e. The zero-order valence-electron chi connectivity index (χ0n) is 17.2. The number of carbonyl (C=O) groups excluding carboxylic acids is 2. The lowest BCUT2D eigenvalue weighted by Crippen LogP contribution is -2.58. The van der Waals surface area contributed by atoms with E-state index in [1.54, 1.807) is 26.0 Å². The lowest BCUT2D eigenvalue weighted by Gasteiger charge is -2.38. The van der Waals surface area contributed by atoms with Gasteiger partial charge in [-0.2, -0.15) is 5.06 Å². The number of nitrogens with one attached hydrogen (secondary N) is 1. The summed E-state index contributed by atoms with van der Waals surface area (Å²) in [7, 11) is 0. The molecule has 11 heteroatoms. The van der Waals surface area contributed by atoms with Gasteiger partial charge in [-0.05, 0) is 50.2 Å². The van der Waals surface area contributed by atoms with E-state index in [1.165, 1.54) is 40.1 Å². The van der Waals surface area contributed by atoms with Crippen LogP contribution in [-0.2, 0) is 0 Å². The first-order valence-corrected chi connectivity index (χ1v) is 10.9. The summed E-state index contributed by atoms with van der Waals surface area (Å²) < 4.78 is 0. The second-order valence-electron chi connectivity index (χ2n) is 7.58. The van der Waals surface area contributed by atoms with E-state index in [4.69, 9.17) is 46.4 Å². The molecule has 1 saturated heterocycles. The molecule has 4 amide bonds. The Labute approximate surface area is 205 Å². The number of nitrogens with zero attached hydrogens (tertiary/aromatic N) is 3. The number of hydrogen-bond donors (Lipinski definition) is 2. The SMILES string of the molecule is C=CCN1C(=O)N(c2ccc(Cl)c(Cl)c2)C(N(O)C(=O)Nc2ccc(Cl)c(Cl)c2)C1(C)C. The largest absolute Gasteiger partial charge is 0.347 e. The Bertz CT molecular complexity index is 1080. The van der Waals surface area contributed by atoms with Crippen molar-refractivity contribution in [2.75, 3.05) is 16.8 Å². The molecule has 0 aliphatic carbocycles. The third kappa shape index (κ3) is 4.49. The molecule has 7 nitrogen and oxygen atoms in total. The third-order valence-corrected chi connectivity index (χ3v) is 6.59. The number of amides is 4. The Balaban J connectivity index is 2.00. The highest BCUT2D eigenvalue weighted by molar-refractivity contribution is 6.42. The maximum absolute atomic E-state index is 13.3. The van der Waals surface area contributed by atoms with Crippen LogP contribution in [0.2, 0.25) is 20.1 Å². The lowest BCUT2D eigenvalue weighted by atomic mass is 10.00. The third-order valence-electron chi connectivity index (χ3n) is 5.11. The Morgan fingerprint density at radius 1 is 1.12 bits per heavy atom. The topological polar surface area (TPSA) is 76.1 Å². The molecule has 0 spiro atoms. The molecule has 2 N–H and O–H groups in total. The van der Waals surface area contributed by atoms with Crippen LogP contribution in [0.3, 0.4) is 0 Å². The molecular weight excluding hydrogens is 498 g/mol. The number of benzene rings is 2. The van der Waals surface area contributed by atoms with Gasteiger partial charge in [-0.25, -0.2) is 9.59 Å². The molecule has 1 atom stereocenters. The van der Waals surface area contributed by atoms with Crippen LogP contribution in [0.4, 0.5) is 21.0 Å². The fourth-order valence-electron chi connectivity index (χ4n) is 3.54. The molecule has 3 rings (SSSR count). The predicted octanol–water partition coefficient (Wildman–Crippen LogP) is 6.76. The van der Waals surface area contributed by atoms with Gasteiger partial charge in [0.15, 0.2) is 6.17 Å². The molecule has 0 radical (unpaired) electrons. The lowest BCUT2D eigenvalue weighted by molar-refractivity contribution is -0.0941. The summed E-state index contributed by atoms with van der Waals surface area (Å²) in [4.78, 5) is 29.0. The highest BCUT2D eigenvalue weighted by Gasteiger charge is 2.55. The van der Waals surface area contributed by atoms with Gasteiger partial charge in [-0.15, -0.1) is 6.58 Å². The average molecular weight is 518 g/mol. The molecule has 2 aromatic carbocycles. The minimum atomic E-state index is -1.12. The van der Waals surface area contributed by atoms with Gasteiger partial charge < -0.3 is 10.2 Å². The van der Waals surface area contributed by atoms with E-state index in [0.717, 1.165) is 0 Å². The van der Waals surface area contributed by atoms with Crippen molar-refractivity contribution >= 4 is 69.8 Å². The first-order valence-electron chi connectivity index (χ1n) is 9.40. The molecule has 1 fully saturated rings. The van der Waals surface area contributed by atoms with E-state index < -0.39 is 23.8 Å². The summed E-state index contributed by atoms with van der Waals surface area (Å²) in [6.45, 7) is 7.35. The first-order chi connectivity index (χ1) is 15.0. The second-order valence-corrected chi connectivity index (χ2v) is 9.21. The van der Waals surface area contributed by atoms with Crippen molar-refractivity contribution in [3.05, 3.63) is 69.1 Å². The van der Waals surface area contributed by atoms with Gasteiger partial charge in [-0.3, -0.25) is 10.1 Å². The van der Waals surface area contributed by atoms with Crippen LogP contribution in [-0.4, -0.2) is 45.5 Å². The number of hydrogen-bond acceptors (Lipinski definition) is 3. The minimum absolute atomic E-state index is 0.197. The van der Waals surface area contributed by atoms with Crippen LogP contribution >= 0.6 is 46.4 Å². The number of halogens is 4. The van der Waals surface area contributed by atoms with Crippen molar-refractivity contribution in [1.82, 2.24) is 9.96 Å². The van der Waals surface area contributed by atoms with Crippen LogP contribution in [0.15, 0.2) is 49.1 Å². The minimum Gasteiger partial charge on any atom is -0.311 e. The van der Waals surface area contributed by atoms with Crippen molar-refractivity contribution in [2.45, 2.75) is 25.6 Å². The number of anilines is 2. The maximum atomic E-state index is 13.3. The molecule has 2 aromatic rings. The Morgan fingerprint density at radius 3 is 2.28 bits per heavy atom. The highest BCUT2D eigenvalue weighted by atomic mass is 35.5. The summed E-state index contributed by atoms with van der Waals surface area (Å²) in [6.07, 6.45) is 0.446. The number of rotatable bonds is 5. The van der Waals surface area contributed by atoms with Gasteiger partial charge in [0, 0.05) is 17.9 Å². The van der Waals surface area contributed by atoms with Gasteiger partial charge >= 0.3 is 12.1 Å². The normalized spacial score (nSPS) is 17.5. The molecule has 170 valence electrons. The van der Waals surface area contributed by atoms with Gasteiger partial charge in [-0.1, -0.05) is 52.5 Å². The fourth-order valence-corrected chi connectivity index (χ4v) is 4.13. The van der Waals surface area contributed by atoms with Gasteiger partial charge in [0.25, 0.3) is 0 Å². The van der Waals surface area contributed by atoms with Crippen LogP contribution < -0.4 is 10.2 Å². The fraction of sp³-hybridized carbons (Fsp3) is 0.238. The quantitative estimate of drug-likeness (QED) is 0.261. The van der Waals surface area contributed by atoms with E-state index >= 15 is 0 Å². The van der Waals surface area contributed by atoms with Crippen molar-refractivity contribution < 1.29 is 14.8 Å². The average Bonchev–Trinajstić information content (AvgIpc) is 2.92. The zero-order chi connectivity index (χ0) is 23.8. The second kappa shape index (κ2) is 9.37. The summed E-state index contributed by atoms with van der Waals surface area (Å²) in [5.74, 6) is 0. The van der Waals surface area contributed by atoms with Crippen molar-refractivity contribution in [1.29, 1.82) is 0 Å². The molecular formula is C21H20Cl4N4O3. The van der Waals surface area contributed by atoms with Crippen molar-refractivity contribution in [2.24, 2.45) is 0 Å². The van der Waals surface area contributed by atoms with Crippen molar-refractivity contribution in [3.63, 3.8) is 0 Å². The van der Waals surface area contributed by atoms with Crippen molar-refractivity contribution in [3.8, 4) is 0 Å². The van der Waals surface area contributed by atoms with Crippen LogP contribution in [0.5, 0.6) is 0 Å².